The second kappa shape index (κ2) is 3.37. The molecule has 2 aromatic rings. The lowest BCUT2D eigenvalue weighted by Crippen LogP contribution is -2.21. The van der Waals surface area contributed by atoms with Crippen molar-refractivity contribution in [3.8, 4) is 10.7 Å². The molecule has 0 N–H and O–H groups in total. The van der Waals surface area contributed by atoms with Crippen LogP contribution in [0.4, 0.5) is 0 Å². The minimum absolute atomic E-state index is 0.0325. The minimum Gasteiger partial charge on any atom is -0.307 e. The van der Waals surface area contributed by atoms with Crippen LogP contribution < -0.4 is 0 Å². The maximum atomic E-state index is 4.13. The van der Waals surface area contributed by atoms with Crippen LogP contribution in [0.3, 0.4) is 0 Å². The molecule has 0 amide bonds. The van der Waals surface area contributed by atoms with E-state index in [0.29, 0.717) is 0 Å². The van der Waals surface area contributed by atoms with E-state index in [1.807, 2.05) is 11.5 Å². The molecule has 0 radical (unpaired) electrons. The first-order chi connectivity index (χ1) is 7.00. The van der Waals surface area contributed by atoms with Gasteiger partial charge in [-0.2, -0.15) is 0 Å². The standard InChI is InChI=1S/C9H13N5S/c1-6-7(15-13-11-6)8-12-10-5-14(8)9(2,3)4/h5H,1-4H3. The van der Waals surface area contributed by atoms with Gasteiger partial charge in [-0.1, -0.05) is 4.49 Å². The summed E-state index contributed by atoms with van der Waals surface area (Å²) in [6, 6.07) is 0. The Balaban J connectivity index is 2.56. The maximum absolute atomic E-state index is 4.13. The summed E-state index contributed by atoms with van der Waals surface area (Å²) in [5, 5.41) is 12.1. The van der Waals surface area contributed by atoms with E-state index in [0.717, 1.165) is 16.4 Å². The van der Waals surface area contributed by atoms with Crippen LogP contribution in [0.15, 0.2) is 6.33 Å². The zero-order valence-corrected chi connectivity index (χ0v) is 10.0. The minimum atomic E-state index is -0.0325. The van der Waals surface area contributed by atoms with Gasteiger partial charge in [0, 0.05) is 5.54 Å². The summed E-state index contributed by atoms with van der Waals surface area (Å²) in [5.41, 5.74) is 0.869. The van der Waals surface area contributed by atoms with Crippen molar-refractivity contribution in [2.45, 2.75) is 33.2 Å². The molecular weight excluding hydrogens is 210 g/mol. The largest absolute Gasteiger partial charge is 0.307 e. The van der Waals surface area contributed by atoms with Gasteiger partial charge >= 0.3 is 0 Å². The Morgan fingerprint density at radius 2 is 2.00 bits per heavy atom. The molecule has 2 heterocycles. The van der Waals surface area contributed by atoms with Crippen LogP contribution >= 0.6 is 11.5 Å². The Hall–Kier alpha value is -1.30. The summed E-state index contributed by atoms with van der Waals surface area (Å²) in [6.07, 6.45) is 1.74. The molecule has 0 spiro atoms. The Bertz CT molecular complexity index is 465. The average molecular weight is 223 g/mol. The average Bonchev–Trinajstić information content (AvgIpc) is 2.69. The van der Waals surface area contributed by atoms with E-state index in [1.54, 1.807) is 6.33 Å². The molecule has 6 heteroatoms. The summed E-state index contributed by atoms with van der Waals surface area (Å²) in [5.74, 6) is 0.843. The molecule has 0 bridgehead atoms. The van der Waals surface area contributed by atoms with Crippen molar-refractivity contribution >= 4 is 11.5 Å². The molecule has 5 nitrogen and oxygen atoms in total. The zero-order valence-electron chi connectivity index (χ0n) is 9.22. The highest BCUT2D eigenvalue weighted by Gasteiger charge is 2.21. The van der Waals surface area contributed by atoms with Crippen LogP contribution in [0.25, 0.3) is 10.7 Å². The van der Waals surface area contributed by atoms with Gasteiger partial charge in [0.1, 0.15) is 11.2 Å². The van der Waals surface area contributed by atoms with Crippen molar-refractivity contribution in [1.29, 1.82) is 0 Å². The Kier molecular flexibility index (Phi) is 2.30. The number of nitrogens with zero attached hydrogens (tertiary/aromatic N) is 5. The monoisotopic (exact) mass is 223 g/mol. The molecule has 0 aliphatic carbocycles. The number of hydrogen-bond donors (Lipinski definition) is 0. The molecule has 0 aliphatic heterocycles. The molecule has 80 valence electrons. The topological polar surface area (TPSA) is 56.5 Å². The fourth-order valence-corrected chi connectivity index (χ4v) is 1.96. The highest BCUT2D eigenvalue weighted by atomic mass is 32.1. The quantitative estimate of drug-likeness (QED) is 0.740. The lowest BCUT2D eigenvalue weighted by atomic mass is 10.1. The summed E-state index contributed by atoms with van der Waals surface area (Å²) in [7, 11) is 0. The molecule has 0 aromatic carbocycles. The molecule has 0 saturated carbocycles. The molecule has 0 aliphatic rings. The molecule has 2 aromatic heterocycles. The molecule has 0 fully saturated rings. The third kappa shape index (κ3) is 1.77. The van der Waals surface area contributed by atoms with Gasteiger partial charge < -0.3 is 4.57 Å². The second-order valence-electron chi connectivity index (χ2n) is 4.38. The van der Waals surface area contributed by atoms with Crippen LogP contribution in [-0.4, -0.2) is 24.4 Å². The third-order valence-electron chi connectivity index (χ3n) is 2.13. The highest BCUT2D eigenvalue weighted by molar-refractivity contribution is 7.09. The van der Waals surface area contributed by atoms with E-state index >= 15 is 0 Å². The van der Waals surface area contributed by atoms with Crippen LogP contribution in [0.5, 0.6) is 0 Å². The van der Waals surface area contributed by atoms with Gasteiger partial charge in [-0.05, 0) is 39.2 Å². The highest BCUT2D eigenvalue weighted by Crippen LogP contribution is 2.27. The van der Waals surface area contributed by atoms with Gasteiger partial charge in [0.05, 0.1) is 5.69 Å². The molecule has 15 heavy (non-hydrogen) atoms. The van der Waals surface area contributed by atoms with Gasteiger partial charge in [-0.3, -0.25) is 0 Å². The number of aryl methyl sites for hydroxylation is 1. The first-order valence-electron chi connectivity index (χ1n) is 4.70. The molecule has 0 unspecified atom stereocenters. The van der Waals surface area contributed by atoms with Crippen molar-refractivity contribution in [3.05, 3.63) is 12.0 Å². The molecule has 2 rings (SSSR count). The van der Waals surface area contributed by atoms with Gasteiger partial charge in [0.15, 0.2) is 5.82 Å². The van der Waals surface area contributed by atoms with Gasteiger partial charge in [-0.25, -0.2) is 0 Å². The smallest absolute Gasteiger partial charge is 0.177 e. The molecule has 0 saturated heterocycles. The van der Waals surface area contributed by atoms with Crippen LogP contribution in [0.2, 0.25) is 0 Å². The fraction of sp³-hybridized carbons (Fsp3) is 0.556. The van der Waals surface area contributed by atoms with Gasteiger partial charge in [0.2, 0.25) is 0 Å². The third-order valence-corrected chi connectivity index (χ3v) is 2.95. The van der Waals surface area contributed by atoms with E-state index in [2.05, 4.69) is 40.6 Å². The van der Waals surface area contributed by atoms with Crippen molar-refractivity contribution in [2.75, 3.05) is 0 Å². The summed E-state index contributed by atoms with van der Waals surface area (Å²) >= 11 is 1.35. The number of aromatic nitrogens is 5. The second-order valence-corrected chi connectivity index (χ2v) is 5.14. The number of rotatable bonds is 1. The van der Waals surface area contributed by atoms with Crippen molar-refractivity contribution in [2.24, 2.45) is 0 Å². The van der Waals surface area contributed by atoms with Gasteiger partial charge in [0.25, 0.3) is 0 Å². The summed E-state index contributed by atoms with van der Waals surface area (Å²) < 4.78 is 5.95. The Morgan fingerprint density at radius 1 is 1.27 bits per heavy atom. The lowest BCUT2D eigenvalue weighted by molar-refractivity contribution is 0.400. The molecule has 0 atom stereocenters. The van der Waals surface area contributed by atoms with E-state index < -0.39 is 0 Å². The van der Waals surface area contributed by atoms with E-state index in [9.17, 15) is 0 Å². The molecular formula is C9H13N5S. The zero-order chi connectivity index (χ0) is 11.1. The number of hydrogen-bond acceptors (Lipinski definition) is 5. The van der Waals surface area contributed by atoms with Crippen LogP contribution in [0.1, 0.15) is 26.5 Å². The van der Waals surface area contributed by atoms with Crippen molar-refractivity contribution in [1.82, 2.24) is 24.4 Å². The summed E-state index contributed by atoms with van der Waals surface area (Å²) in [4.78, 5) is 0.988. The van der Waals surface area contributed by atoms with E-state index in [4.69, 9.17) is 0 Å². The van der Waals surface area contributed by atoms with Crippen LogP contribution in [0, 0.1) is 6.92 Å². The SMILES string of the molecule is Cc1nnsc1-c1nncn1C(C)(C)C. The van der Waals surface area contributed by atoms with Crippen molar-refractivity contribution in [3.63, 3.8) is 0 Å². The first-order valence-corrected chi connectivity index (χ1v) is 5.47. The Morgan fingerprint density at radius 3 is 2.53 bits per heavy atom. The van der Waals surface area contributed by atoms with E-state index in [-0.39, 0.29) is 5.54 Å². The maximum Gasteiger partial charge on any atom is 0.177 e. The van der Waals surface area contributed by atoms with Crippen LogP contribution in [-0.2, 0) is 5.54 Å². The predicted octanol–water partition coefficient (Wildman–Crippen LogP) is 1.86. The van der Waals surface area contributed by atoms with Crippen molar-refractivity contribution < 1.29 is 0 Å². The normalized spacial score (nSPS) is 12.0. The lowest BCUT2D eigenvalue weighted by Gasteiger charge is -2.21. The first kappa shape index (κ1) is 10.2. The van der Waals surface area contributed by atoms with E-state index in [1.165, 1.54) is 11.5 Å². The van der Waals surface area contributed by atoms with Gasteiger partial charge in [-0.15, -0.1) is 15.3 Å². The Labute approximate surface area is 92.3 Å². The predicted molar refractivity (Wildman–Crippen MR) is 58.7 cm³/mol. The fourth-order valence-electron chi connectivity index (χ4n) is 1.32. The summed E-state index contributed by atoms with van der Waals surface area (Å²) in [6.45, 7) is 8.28.